The number of hydrogen-bond acceptors (Lipinski definition) is 4. The van der Waals surface area contributed by atoms with E-state index in [2.05, 4.69) is 15.1 Å². The van der Waals surface area contributed by atoms with E-state index in [4.69, 9.17) is 0 Å². The molecule has 0 saturated carbocycles. The highest BCUT2D eigenvalue weighted by atomic mass is 16.3. The van der Waals surface area contributed by atoms with Gasteiger partial charge in [0.2, 0.25) is 0 Å². The van der Waals surface area contributed by atoms with Crippen molar-refractivity contribution in [3.8, 4) is 22.6 Å². The van der Waals surface area contributed by atoms with Crippen molar-refractivity contribution in [2.45, 2.75) is 0 Å². The zero-order chi connectivity index (χ0) is 13.8. The molecular weight excluding hydrogens is 250 g/mol. The van der Waals surface area contributed by atoms with Gasteiger partial charge in [-0.2, -0.15) is 0 Å². The van der Waals surface area contributed by atoms with Crippen LogP contribution in [-0.2, 0) is 0 Å². The minimum Gasteiger partial charge on any atom is -0.246 e. The lowest BCUT2D eigenvalue weighted by Gasteiger charge is -2.04. The van der Waals surface area contributed by atoms with E-state index in [9.17, 15) is 4.91 Å². The molecule has 2 aromatic heterocycles. The molecule has 0 amide bonds. The van der Waals surface area contributed by atoms with Gasteiger partial charge in [0, 0.05) is 5.56 Å². The Bertz CT molecular complexity index is 741. The molecule has 0 N–H and O–H groups in total. The molecule has 0 unspecified atom stereocenters. The first-order valence-corrected chi connectivity index (χ1v) is 6.20. The third-order valence-corrected chi connectivity index (χ3v) is 2.91. The van der Waals surface area contributed by atoms with E-state index < -0.39 is 0 Å². The number of pyridine rings is 2. The second-order valence-corrected chi connectivity index (χ2v) is 4.25. The molecule has 3 aromatic rings. The van der Waals surface area contributed by atoms with Crippen molar-refractivity contribution in [3.05, 3.63) is 71.6 Å². The molecule has 4 nitrogen and oxygen atoms in total. The van der Waals surface area contributed by atoms with Gasteiger partial charge in [0.15, 0.2) is 5.82 Å². The molecule has 2 heterocycles. The maximum absolute atomic E-state index is 10.5. The zero-order valence-corrected chi connectivity index (χ0v) is 10.6. The van der Waals surface area contributed by atoms with Crippen molar-refractivity contribution in [1.82, 2.24) is 9.97 Å². The van der Waals surface area contributed by atoms with Gasteiger partial charge in [-0.15, -0.1) is 4.91 Å². The van der Waals surface area contributed by atoms with Gasteiger partial charge in [0.1, 0.15) is 0 Å². The molecule has 0 bridgehead atoms. The number of benzene rings is 1. The van der Waals surface area contributed by atoms with Crippen LogP contribution in [0.5, 0.6) is 0 Å². The fraction of sp³-hybridized carbons (Fsp3) is 0. The number of nitroso groups, excluding NO2 is 1. The predicted octanol–water partition coefficient (Wildman–Crippen LogP) is 4.21. The highest BCUT2D eigenvalue weighted by molar-refractivity contribution is 5.64. The van der Waals surface area contributed by atoms with Crippen LogP contribution in [0.1, 0.15) is 0 Å². The standard InChI is InChI=1S/C16H11N3O/c20-19-16-11-5-10-15(18-16)14-9-4-8-13(17-14)12-6-2-1-3-7-12/h1-11H. The van der Waals surface area contributed by atoms with Crippen LogP contribution < -0.4 is 0 Å². The number of nitrogens with zero attached hydrogens (tertiary/aromatic N) is 3. The summed E-state index contributed by atoms with van der Waals surface area (Å²) >= 11 is 0. The number of rotatable bonds is 3. The van der Waals surface area contributed by atoms with Crippen LogP contribution >= 0.6 is 0 Å². The summed E-state index contributed by atoms with van der Waals surface area (Å²) in [5, 5.41) is 2.85. The molecular formula is C16H11N3O. The summed E-state index contributed by atoms with van der Waals surface area (Å²) in [5.41, 5.74) is 3.27. The molecule has 96 valence electrons. The highest BCUT2D eigenvalue weighted by Gasteiger charge is 2.05. The van der Waals surface area contributed by atoms with Gasteiger partial charge >= 0.3 is 0 Å². The number of hydrogen-bond donors (Lipinski definition) is 0. The largest absolute Gasteiger partial charge is 0.246 e. The summed E-state index contributed by atoms with van der Waals surface area (Å²) in [6.45, 7) is 0. The van der Waals surface area contributed by atoms with Crippen molar-refractivity contribution >= 4 is 5.82 Å². The van der Waals surface area contributed by atoms with Crippen molar-refractivity contribution < 1.29 is 0 Å². The van der Waals surface area contributed by atoms with Crippen molar-refractivity contribution in [2.75, 3.05) is 0 Å². The molecule has 0 atom stereocenters. The molecule has 0 fully saturated rings. The highest BCUT2D eigenvalue weighted by Crippen LogP contribution is 2.22. The van der Waals surface area contributed by atoms with Gasteiger partial charge in [0.25, 0.3) is 0 Å². The van der Waals surface area contributed by atoms with Crippen LogP contribution in [0.3, 0.4) is 0 Å². The second kappa shape index (κ2) is 5.40. The lowest BCUT2D eigenvalue weighted by molar-refractivity contribution is 1.22. The van der Waals surface area contributed by atoms with Crippen LogP contribution in [0.15, 0.2) is 71.9 Å². The van der Waals surface area contributed by atoms with Crippen molar-refractivity contribution in [2.24, 2.45) is 5.18 Å². The normalized spacial score (nSPS) is 10.2. The molecule has 0 aliphatic carbocycles. The van der Waals surface area contributed by atoms with Crippen LogP contribution in [0.4, 0.5) is 5.82 Å². The van der Waals surface area contributed by atoms with Gasteiger partial charge in [-0.1, -0.05) is 42.5 Å². The Labute approximate surface area is 116 Å². The third-order valence-electron chi connectivity index (χ3n) is 2.91. The molecule has 4 heteroatoms. The van der Waals surface area contributed by atoms with E-state index in [0.717, 1.165) is 17.0 Å². The molecule has 0 saturated heterocycles. The molecule has 0 spiro atoms. The van der Waals surface area contributed by atoms with Crippen LogP contribution in [0.25, 0.3) is 22.6 Å². The first kappa shape index (κ1) is 12.2. The number of aromatic nitrogens is 2. The Morgan fingerprint density at radius 2 is 1.30 bits per heavy atom. The summed E-state index contributed by atoms with van der Waals surface area (Å²) in [6, 6.07) is 20.8. The second-order valence-electron chi connectivity index (χ2n) is 4.25. The summed E-state index contributed by atoms with van der Waals surface area (Å²) in [5.74, 6) is 0.161. The Balaban J connectivity index is 2.05. The third kappa shape index (κ3) is 2.44. The molecule has 0 radical (unpaired) electrons. The Hall–Kier alpha value is -2.88. The SMILES string of the molecule is O=Nc1cccc(-c2cccc(-c3ccccc3)n2)n1. The van der Waals surface area contributed by atoms with E-state index in [1.165, 1.54) is 0 Å². The monoisotopic (exact) mass is 261 g/mol. The lowest BCUT2D eigenvalue weighted by Crippen LogP contribution is -1.89. The van der Waals surface area contributed by atoms with E-state index in [0.29, 0.717) is 5.69 Å². The van der Waals surface area contributed by atoms with Crippen LogP contribution in [-0.4, -0.2) is 9.97 Å². The molecule has 20 heavy (non-hydrogen) atoms. The zero-order valence-electron chi connectivity index (χ0n) is 10.6. The van der Waals surface area contributed by atoms with Crippen molar-refractivity contribution in [1.29, 1.82) is 0 Å². The molecule has 0 aliphatic rings. The van der Waals surface area contributed by atoms with E-state index in [-0.39, 0.29) is 5.82 Å². The Morgan fingerprint density at radius 1 is 0.650 bits per heavy atom. The predicted molar refractivity (Wildman–Crippen MR) is 78.4 cm³/mol. The summed E-state index contributed by atoms with van der Waals surface area (Å²) < 4.78 is 0. The maximum atomic E-state index is 10.5. The minimum absolute atomic E-state index is 0.161. The average molecular weight is 261 g/mol. The van der Waals surface area contributed by atoms with E-state index in [1.807, 2.05) is 54.6 Å². The van der Waals surface area contributed by atoms with Gasteiger partial charge in [-0.05, 0) is 29.4 Å². The Morgan fingerprint density at radius 3 is 2.05 bits per heavy atom. The van der Waals surface area contributed by atoms with Gasteiger partial charge in [-0.25, -0.2) is 9.97 Å². The molecule has 1 aromatic carbocycles. The fourth-order valence-electron chi connectivity index (χ4n) is 1.96. The van der Waals surface area contributed by atoms with Gasteiger partial charge < -0.3 is 0 Å². The van der Waals surface area contributed by atoms with Crippen LogP contribution in [0.2, 0.25) is 0 Å². The first-order valence-electron chi connectivity index (χ1n) is 6.20. The quantitative estimate of drug-likeness (QED) is 0.663. The summed E-state index contributed by atoms with van der Waals surface area (Å²) in [6.07, 6.45) is 0. The minimum atomic E-state index is 0.161. The van der Waals surface area contributed by atoms with Crippen molar-refractivity contribution in [3.63, 3.8) is 0 Å². The molecule has 3 rings (SSSR count). The topological polar surface area (TPSA) is 55.2 Å². The fourth-order valence-corrected chi connectivity index (χ4v) is 1.96. The Kier molecular flexibility index (Phi) is 3.29. The summed E-state index contributed by atoms with van der Waals surface area (Å²) in [7, 11) is 0. The van der Waals surface area contributed by atoms with E-state index >= 15 is 0 Å². The average Bonchev–Trinajstić information content (AvgIpc) is 2.56. The molecule has 0 aliphatic heterocycles. The van der Waals surface area contributed by atoms with Crippen LogP contribution in [0, 0.1) is 4.91 Å². The smallest absolute Gasteiger partial charge is 0.197 e. The first-order chi connectivity index (χ1) is 9.86. The lowest BCUT2D eigenvalue weighted by atomic mass is 10.1. The summed E-state index contributed by atoms with van der Waals surface area (Å²) in [4.78, 5) is 19.3. The van der Waals surface area contributed by atoms with Gasteiger partial charge in [-0.3, -0.25) is 0 Å². The van der Waals surface area contributed by atoms with Gasteiger partial charge in [0.05, 0.1) is 17.1 Å². The van der Waals surface area contributed by atoms with E-state index in [1.54, 1.807) is 12.1 Å². The maximum Gasteiger partial charge on any atom is 0.197 e.